The summed E-state index contributed by atoms with van der Waals surface area (Å²) in [6, 6.07) is 11.9. The molecule has 1 N–H and O–H groups in total. The predicted octanol–water partition coefficient (Wildman–Crippen LogP) is 4.72. The van der Waals surface area contributed by atoms with Gasteiger partial charge in [-0.3, -0.25) is 9.36 Å². The number of nitrogens with one attached hydrogen (secondary N) is 1. The number of pyridine rings is 1. The van der Waals surface area contributed by atoms with Crippen molar-refractivity contribution in [2.45, 2.75) is 32.7 Å². The summed E-state index contributed by atoms with van der Waals surface area (Å²) in [5.74, 6) is -0.361. The molecule has 1 aromatic carbocycles. The van der Waals surface area contributed by atoms with E-state index in [2.05, 4.69) is 22.4 Å². The SMILES string of the molecule is Cc1cc(C)c(C#N)c(SCC(=O)Nc2c(C#N)c(C)c(C)n2-c2ccc(F)cc2)n1. The van der Waals surface area contributed by atoms with Crippen molar-refractivity contribution in [1.29, 1.82) is 10.5 Å². The molecule has 0 saturated carbocycles. The fraction of sp³-hybridized carbons (Fsp3) is 0.217. The van der Waals surface area contributed by atoms with E-state index >= 15 is 0 Å². The first kappa shape index (κ1) is 22.1. The van der Waals surface area contributed by atoms with E-state index in [1.807, 2.05) is 26.8 Å². The molecule has 0 radical (unpaired) electrons. The normalized spacial score (nSPS) is 10.4. The number of halogens is 1. The van der Waals surface area contributed by atoms with Crippen molar-refractivity contribution in [2.75, 3.05) is 11.1 Å². The van der Waals surface area contributed by atoms with Crippen LogP contribution in [-0.4, -0.2) is 21.2 Å². The van der Waals surface area contributed by atoms with Crippen LogP contribution in [0.25, 0.3) is 5.69 Å². The number of anilines is 1. The van der Waals surface area contributed by atoms with Gasteiger partial charge in [0.15, 0.2) is 0 Å². The Morgan fingerprint density at radius 2 is 1.77 bits per heavy atom. The largest absolute Gasteiger partial charge is 0.310 e. The van der Waals surface area contributed by atoms with Crippen molar-refractivity contribution in [3.8, 4) is 17.8 Å². The van der Waals surface area contributed by atoms with Gasteiger partial charge in [0.1, 0.15) is 28.8 Å². The fourth-order valence-corrected chi connectivity index (χ4v) is 4.22. The van der Waals surface area contributed by atoms with Crippen LogP contribution in [0.15, 0.2) is 35.4 Å². The van der Waals surface area contributed by atoms with Gasteiger partial charge < -0.3 is 5.32 Å². The van der Waals surface area contributed by atoms with Gasteiger partial charge in [0.2, 0.25) is 5.91 Å². The summed E-state index contributed by atoms with van der Waals surface area (Å²) < 4.78 is 15.1. The van der Waals surface area contributed by atoms with Crippen molar-refractivity contribution >= 4 is 23.5 Å². The monoisotopic (exact) mass is 433 g/mol. The number of rotatable bonds is 5. The molecule has 156 valence electrons. The van der Waals surface area contributed by atoms with Crippen LogP contribution in [0, 0.1) is 56.2 Å². The van der Waals surface area contributed by atoms with Gasteiger partial charge >= 0.3 is 0 Å². The van der Waals surface area contributed by atoms with Gasteiger partial charge in [0, 0.05) is 17.1 Å². The second kappa shape index (κ2) is 9.03. The second-order valence-electron chi connectivity index (χ2n) is 7.07. The number of hydrogen-bond donors (Lipinski definition) is 1. The summed E-state index contributed by atoms with van der Waals surface area (Å²) >= 11 is 1.17. The lowest BCUT2D eigenvalue weighted by atomic mass is 10.1. The maximum absolute atomic E-state index is 13.4. The summed E-state index contributed by atoms with van der Waals surface area (Å²) in [4.78, 5) is 17.1. The number of hydrogen-bond acceptors (Lipinski definition) is 5. The third-order valence-corrected chi connectivity index (χ3v) is 5.91. The van der Waals surface area contributed by atoms with Crippen LogP contribution >= 0.6 is 11.8 Å². The van der Waals surface area contributed by atoms with Gasteiger partial charge in [0.25, 0.3) is 0 Å². The Morgan fingerprint density at radius 1 is 1.13 bits per heavy atom. The highest BCUT2D eigenvalue weighted by Crippen LogP contribution is 2.31. The lowest BCUT2D eigenvalue weighted by Gasteiger charge is -2.13. The lowest BCUT2D eigenvalue weighted by molar-refractivity contribution is -0.113. The summed E-state index contributed by atoms with van der Waals surface area (Å²) in [5.41, 5.74) is 4.51. The minimum atomic E-state index is -0.373. The minimum absolute atomic E-state index is 0.0160. The number of aryl methyl sites for hydroxylation is 2. The van der Waals surface area contributed by atoms with Crippen molar-refractivity contribution < 1.29 is 9.18 Å². The molecule has 0 aliphatic carbocycles. The van der Waals surface area contributed by atoms with Crippen LogP contribution in [0.3, 0.4) is 0 Å². The van der Waals surface area contributed by atoms with Crippen molar-refractivity contribution in [3.63, 3.8) is 0 Å². The Hall–Kier alpha value is -3.62. The van der Waals surface area contributed by atoms with E-state index in [4.69, 9.17) is 0 Å². The zero-order chi connectivity index (χ0) is 22.7. The van der Waals surface area contributed by atoms with E-state index < -0.39 is 0 Å². The number of nitrogens with zero attached hydrogens (tertiary/aromatic N) is 4. The first-order chi connectivity index (χ1) is 14.8. The zero-order valence-electron chi connectivity index (χ0n) is 17.6. The lowest BCUT2D eigenvalue weighted by Crippen LogP contribution is -2.18. The molecular weight excluding hydrogens is 413 g/mol. The van der Waals surface area contributed by atoms with E-state index in [-0.39, 0.29) is 17.5 Å². The van der Waals surface area contributed by atoms with Gasteiger partial charge in [-0.25, -0.2) is 9.37 Å². The average Bonchev–Trinajstić information content (AvgIpc) is 2.96. The molecule has 0 saturated heterocycles. The summed E-state index contributed by atoms with van der Waals surface area (Å²) in [7, 11) is 0. The van der Waals surface area contributed by atoms with Crippen molar-refractivity contribution in [2.24, 2.45) is 0 Å². The van der Waals surface area contributed by atoms with Crippen LogP contribution in [0.5, 0.6) is 0 Å². The maximum Gasteiger partial charge on any atom is 0.235 e. The van der Waals surface area contributed by atoms with E-state index in [1.165, 1.54) is 23.9 Å². The van der Waals surface area contributed by atoms with Crippen LogP contribution in [-0.2, 0) is 4.79 Å². The van der Waals surface area contributed by atoms with Gasteiger partial charge in [-0.15, -0.1) is 0 Å². The van der Waals surface area contributed by atoms with E-state index in [9.17, 15) is 19.7 Å². The molecule has 6 nitrogen and oxygen atoms in total. The molecule has 8 heteroatoms. The fourth-order valence-electron chi connectivity index (χ4n) is 3.32. The standard InChI is InChI=1S/C23H20FN5OS/c1-13-9-14(2)27-23(19(13)10-25)31-12-21(30)28-22-20(11-26)15(3)16(4)29(22)18-7-5-17(24)6-8-18/h5-9H,12H2,1-4H3,(H,28,30). The topological polar surface area (TPSA) is 94.5 Å². The molecule has 0 spiro atoms. The van der Waals surface area contributed by atoms with Gasteiger partial charge in [-0.05, 0) is 69.2 Å². The Morgan fingerprint density at radius 3 is 2.39 bits per heavy atom. The van der Waals surface area contributed by atoms with Crippen molar-refractivity contribution in [1.82, 2.24) is 9.55 Å². The number of amides is 1. The Bertz CT molecular complexity index is 1250. The van der Waals surface area contributed by atoms with Gasteiger partial charge in [0.05, 0.1) is 16.9 Å². The molecule has 1 amide bonds. The molecule has 0 unspecified atom stereocenters. The molecule has 3 aromatic rings. The van der Waals surface area contributed by atoms with Crippen LogP contribution in [0.2, 0.25) is 0 Å². The van der Waals surface area contributed by atoms with E-state index in [0.717, 1.165) is 22.5 Å². The first-order valence-corrected chi connectivity index (χ1v) is 10.4. The maximum atomic E-state index is 13.4. The molecule has 3 rings (SSSR count). The highest BCUT2D eigenvalue weighted by Gasteiger charge is 2.21. The van der Waals surface area contributed by atoms with Gasteiger partial charge in [-0.1, -0.05) is 11.8 Å². The molecule has 31 heavy (non-hydrogen) atoms. The quantitative estimate of drug-likeness (QED) is 0.588. The number of carbonyl (C=O) groups excluding carboxylic acids is 1. The van der Waals surface area contributed by atoms with E-state index in [1.54, 1.807) is 23.6 Å². The van der Waals surface area contributed by atoms with E-state index in [0.29, 0.717) is 27.7 Å². The number of nitriles is 2. The highest BCUT2D eigenvalue weighted by molar-refractivity contribution is 8.00. The molecule has 2 aromatic heterocycles. The van der Waals surface area contributed by atoms with Crippen LogP contribution in [0.4, 0.5) is 10.2 Å². The Balaban J connectivity index is 1.90. The molecule has 0 atom stereocenters. The third kappa shape index (κ3) is 4.45. The second-order valence-corrected chi connectivity index (χ2v) is 8.03. The zero-order valence-corrected chi connectivity index (χ0v) is 18.4. The summed E-state index contributed by atoms with van der Waals surface area (Å²) in [6.07, 6.45) is 0. The summed E-state index contributed by atoms with van der Waals surface area (Å²) in [6.45, 7) is 7.30. The minimum Gasteiger partial charge on any atom is -0.310 e. The molecule has 0 aliphatic heterocycles. The molecular formula is C23H20FN5OS. The van der Waals surface area contributed by atoms with Crippen LogP contribution < -0.4 is 5.32 Å². The number of thioether (sulfide) groups is 1. The van der Waals surface area contributed by atoms with Crippen molar-refractivity contribution in [3.05, 3.63) is 69.8 Å². The predicted molar refractivity (Wildman–Crippen MR) is 118 cm³/mol. The highest BCUT2D eigenvalue weighted by atomic mass is 32.2. The molecule has 0 aliphatic rings. The molecule has 2 heterocycles. The van der Waals surface area contributed by atoms with Crippen LogP contribution in [0.1, 0.15) is 33.6 Å². The smallest absolute Gasteiger partial charge is 0.235 e. The van der Waals surface area contributed by atoms with Gasteiger partial charge in [-0.2, -0.15) is 10.5 Å². The number of benzene rings is 1. The number of aromatic nitrogens is 2. The molecule has 0 fully saturated rings. The third-order valence-electron chi connectivity index (χ3n) is 4.93. The average molecular weight is 434 g/mol. The Labute approximate surface area is 184 Å². The summed E-state index contributed by atoms with van der Waals surface area (Å²) in [5, 5.41) is 22.4. The Kier molecular flexibility index (Phi) is 6.43. The first-order valence-electron chi connectivity index (χ1n) is 9.45. The molecule has 0 bridgehead atoms. The number of carbonyl (C=O) groups is 1.